The Bertz CT molecular complexity index is 697. The Kier molecular flexibility index (Phi) is 7.28. The van der Waals surface area contributed by atoms with E-state index < -0.39 is 0 Å². The summed E-state index contributed by atoms with van der Waals surface area (Å²) in [5.74, 6) is 1.10. The average Bonchev–Trinajstić information content (AvgIpc) is 3.40. The minimum Gasteiger partial charge on any atom is -0.357 e. The summed E-state index contributed by atoms with van der Waals surface area (Å²) in [6.45, 7) is 4.89. The average molecular weight is 386 g/mol. The molecule has 3 rings (SSSR count). The molecule has 152 valence electrons. The molecule has 2 aliphatic rings. The summed E-state index contributed by atoms with van der Waals surface area (Å²) in [4.78, 5) is 30.0. The van der Waals surface area contributed by atoms with Crippen molar-refractivity contribution in [1.29, 1.82) is 0 Å². The van der Waals surface area contributed by atoms with Crippen molar-refractivity contribution in [3.63, 3.8) is 0 Å². The quantitative estimate of drug-likeness (QED) is 0.344. The smallest absolute Gasteiger partial charge is 0.227 e. The zero-order chi connectivity index (χ0) is 19.8. The van der Waals surface area contributed by atoms with Crippen LogP contribution in [0.1, 0.15) is 51.0 Å². The van der Waals surface area contributed by atoms with E-state index in [4.69, 9.17) is 0 Å². The summed E-state index contributed by atoms with van der Waals surface area (Å²) in [6.07, 6.45) is 5.14. The highest BCUT2D eigenvalue weighted by Gasteiger charge is 2.23. The summed E-state index contributed by atoms with van der Waals surface area (Å²) in [5, 5.41) is 9.52. The molecular formula is C21H31N5O2. The third-order valence-corrected chi connectivity index (χ3v) is 4.90. The highest BCUT2D eigenvalue weighted by molar-refractivity contribution is 5.95. The molecule has 1 aliphatic carbocycles. The van der Waals surface area contributed by atoms with Crippen molar-refractivity contribution in [1.82, 2.24) is 16.0 Å². The molecule has 2 fully saturated rings. The van der Waals surface area contributed by atoms with Gasteiger partial charge in [-0.3, -0.25) is 9.59 Å². The number of benzene rings is 1. The molecule has 0 bridgehead atoms. The lowest BCUT2D eigenvalue weighted by Gasteiger charge is -2.16. The lowest BCUT2D eigenvalue weighted by atomic mass is 10.2. The van der Waals surface area contributed by atoms with Gasteiger partial charge in [0.25, 0.3) is 0 Å². The Morgan fingerprint density at radius 2 is 2.00 bits per heavy atom. The molecule has 1 aromatic carbocycles. The number of nitrogens with zero attached hydrogens (tertiary/aromatic N) is 2. The Labute approximate surface area is 167 Å². The van der Waals surface area contributed by atoms with E-state index in [1.807, 2.05) is 36.1 Å². The standard InChI is InChI=1S/C21H31N5O2/c1-2-22-21(23-13-3-5-19(27)25-17-9-10-17)24-15-16-7-11-18(12-8-16)26-14-4-6-20(26)28/h7-8,11-12,17H,2-6,9-10,13-15H2,1H3,(H,25,27)(H2,22,23,24). The fourth-order valence-corrected chi connectivity index (χ4v) is 3.20. The van der Waals surface area contributed by atoms with Crippen LogP contribution in [0.4, 0.5) is 5.69 Å². The topological polar surface area (TPSA) is 85.8 Å². The molecule has 0 unspecified atom stereocenters. The maximum absolute atomic E-state index is 11.8. The van der Waals surface area contributed by atoms with E-state index in [1.165, 1.54) is 0 Å². The minimum atomic E-state index is 0.141. The zero-order valence-corrected chi connectivity index (χ0v) is 16.7. The van der Waals surface area contributed by atoms with Gasteiger partial charge in [0.15, 0.2) is 5.96 Å². The predicted octanol–water partition coefficient (Wildman–Crippen LogP) is 1.93. The van der Waals surface area contributed by atoms with E-state index in [0.717, 1.165) is 56.0 Å². The fraction of sp³-hybridized carbons (Fsp3) is 0.571. The van der Waals surface area contributed by atoms with Gasteiger partial charge in [0.05, 0.1) is 6.54 Å². The molecule has 1 saturated heterocycles. The molecule has 1 aromatic rings. The molecular weight excluding hydrogens is 354 g/mol. The second-order valence-corrected chi connectivity index (χ2v) is 7.38. The van der Waals surface area contributed by atoms with Crippen LogP contribution in [0.5, 0.6) is 0 Å². The molecule has 1 heterocycles. The summed E-state index contributed by atoms with van der Waals surface area (Å²) in [7, 11) is 0. The Hall–Kier alpha value is -2.57. The number of nitrogens with one attached hydrogen (secondary N) is 3. The first-order valence-corrected chi connectivity index (χ1v) is 10.4. The van der Waals surface area contributed by atoms with Crippen LogP contribution in [0.25, 0.3) is 0 Å². The highest BCUT2D eigenvalue weighted by atomic mass is 16.2. The summed E-state index contributed by atoms with van der Waals surface area (Å²) in [6, 6.07) is 8.46. The molecule has 7 nitrogen and oxygen atoms in total. The molecule has 1 saturated carbocycles. The first kappa shape index (κ1) is 20.2. The Morgan fingerprint density at radius 3 is 2.64 bits per heavy atom. The highest BCUT2D eigenvalue weighted by Crippen LogP contribution is 2.21. The third kappa shape index (κ3) is 6.25. The van der Waals surface area contributed by atoms with Gasteiger partial charge in [-0.15, -0.1) is 0 Å². The van der Waals surface area contributed by atoms with Crippen molar-refractivity contribution in [3.05, 3.63) is 29.8 Å². The second kappa shape index (κ2) is 10.1. The third-order valence-electron chi connectivity index (χ3n) is 4.90. The molecule has 0 radical (unpaired) electrons. The van der Waals surface area contributed by atoms with E-state index in [2.05, 4.69) is 20.9 Å². The molecule has 0 spiro atoms. The molecule has 0 aromatic heterocycles. The van der Waals surface area contributed by atoms with Gasteiger partial charge in [-0.2, -0.15) is 0 Å². The maximum Gasteiger partial charge on any atom is 0.227 e. The van der Waals surface area contributed by atoms with E-state index in [9.17, 15) is 9.59 Å². The van der Waals surface area contributed by atoms with Crippen molar-refractivity contribution in [2.45, 2.75) is 58.0 Å². The normalized spacial score (nSPS) is 17.0. The van der Waals surface area contributed by atoms with Crippen LogP contribution < -0.4 is 20.9 Å². The monoisotopic (exact) mass is 385 g/mol. The van der Waals surface area contributed by atoms with E-state index in [1.54, 1.807) is 0 Å². The number of carbonyl (C=O) groups is 2. The van der Waals surface area contributed by atoms with Crippen LogP contribution in [-0.4, -0.2) is 43.5 Å². The van der Waals surface area contributed by atoms with E-state index in [-0.39, 0.29) is 11.8 Å². The van der Waals surface area contributed by atoms with Crippen molar-refractivity contribution >= 4 is 23.5 Å². The second-order valence-electron chi connectivity index (χ2n) is 7.38. The summed E-state index contributed by atoms with van der Waals surface area (Å²) in [5.41, 5.74) is 2.06. The van der Waals surface area contributed by atoms with Gasteiger partial charge in [-0.05, 0) is 50.3 Å². The van der Waals surface area contributed by atoms with Crippen LogP contribution in [0, 0.1) is 0 Å². The lowest BCUT2D eigenvalue weighted by molar-refractivity contribution is -0.121. The van der Waals surface area contributed by atoms with Gasteiger partial charge in [-0.1, -0.05) is 12.1 Å². The molecule has 28 heavy (non-hydrogen) atoms. The first-order chi connectivity index (χ1) is 13.7. The number of aliphatic imine (C=N–C) groups is 1. The SMILES string of the molecule is CCNC(=NCc1ccc(N2CCCC2=O)cc1)NCCCC(=O)NC1CC1. The summed E-state index contributed by atoms with van der Waals surface area (Å²) < 4.78 is 0. The molecule has 1 aliphatic heterocycles. The predicted molar refractivity (Wildman–Crippen MR) is 111 cm³/mol. The number of guanidine groups is 1. The van der Waals surface area contributed by atoms with Crippen LogP contribution in [-0.2, 0) is 16.1 Å². The van der Waals surface area contributed by atoms with Gasteiger partial charge < -0.3 is 20.9 Å². The zero-order valence-electron chi connectivity index (χ0n) is 16.7. The van der Waals surface area contributed by atoms with E-state index in [0.29, 0.717) is 32.0 Å². The molecule has 0 atom stereocenters. The van der Waals surface area contributed by atoms with Crippen molar-refractivity contribution in [2.75, 3.05) is 24.5 Å². The minimum absolute atomic E-state index is 0.141. The van der Waals surface area contributed by atoms with Crippen molar-refractivity contribution in [2.24, 2.45) is 4.99 Å². The van der Waals surface area contributed by atoms with Gasteiger partial charge in [0.1, 0.15) is 0 Å². The fourth-order valence-electron chi connectivity index (χ4n) is 3.20. The number of hydrogen-bond acceptors (Lipinski definition) is 3. The van der Waals surface area contributed by atoms with Gasteiger partial charge in [0.2, 0.25) is 11.8 Å². The molecule has 7 heteroatoms. The van der Waals surface area contributed by atoms with Crippen LogP contribution >= 0.6 is 0 Å². The van der Waals surface area contributed by atoms with E-state index >= 15 is 0 Å². The number of hydrogen-bond donors (Lipinski definition) is 3. The number of carbonyl (C=O) groups excluding carboxylic acids is 2. The summed E-state index contributed by atoms with van der Waals surface area (Å²) >= 11 is 0. The number of amides is 2. The number of rotatable bonds is 9. The van der Waals surface area contributed by atoms with Crippen molar-refractivity contribution in [3.8, 4) is 0 Å². The Morgan fingerprint density at radius 1 is 1.21 bits per heavy atom. The van der Waals surface area contributed by atoms with Gasteiger partial charge in [-0.25, -0.2) is 4.99 Å². The van der Waals surface area contributed by atoms with Crippen LogP contribution in [0.3, 0.4) is 0 Å². The lowest BCUT2D eigenvalue weighted by Crippen LogP contribution is -2.38. The maximum atomic E-state index is 11.8. The van der Waals surface area contributed by atoms with Crippen LogP contribution in [0.15, 0.2) is 29.3 Å². The largest absolute Gasteiger partial charge is 0.357 e. The van der Waals surface area contributed by atoms with Crippen LogP contribution in [0.2, 0.25) is 0 Å². The van der Waals surface area contributed by atoms with Crippen molar-refractivity contribution < 1.29 is 9.59 Å². The Balaban J connectivity index is 1.43. The van der Waals surface area contributed by atoms with Gasteiger partial charge in [0, 0.05) is 44.2 Å². The van der Waals surface area contributed by atoms with Gasteiger partial charge >= 0.3 is 0 Å². The first-order valence-electron chi connectivity index (χ1n) is 10.4. The molecule has 2 amide bonds. The number of anilines is 1. The molecule has 3 N–H and O–H groups in total.